The first-order valence-corrected chi connectivity index (χ1v) is 7.28. The van der Waals surface area contributed by atoms with Gasteiger partial charge in [-0.2, -0.15) is 0 Å². The van der Waals surface area contributed by atoms with Crippen LogP contribution in [-0.4, -0.2) is 24.7 Å². The van der Waals surface area contributed by atoms with Gasteiger partial charge >= 0.3 is 0 Å². The first-order valence-electron chi connectivity index (χ1n) is 6.52. The Hall–Kier alpha value is -0.510. The van der Waals surface area contributed by atoms with Crippen molar-refractivity contribution in [3.8, 4) is 0 Å². The normalized spacial score (nSPS) is 27.7. The Kier molecular flexibility index (Phi) is 4.29. The van der Waals surface area contributed by atoms with Gasteiger partial charge in [-0.15, -0.1) is 0 Å². The van der Waals surface area contributed by atoms with Crippen molar-refractivity contribution in [1.82, 2.24) is 5.32 Å². The Bertz CT molecular complexity index is 458. The number of hydrogen-bond acceptors (Lipinski definition) is 2. The van der Waals surface area contributed by atoms with E-state index < -0.39 is 5.82 Å². The van der Waals surface area contributed by atoms with Crippen LogP contribution < -0.4 is 10.2 Å². The van der Waals surface area contributed by atoms with Gasteiger partial charge in [0.05, 0.1) is 10.0 Å². The maximum atomic E-state index is 13.5. The van der Waals surface area contributed by atoms with Gasteiger partial charge < -0.3 is 10.2 Å². The van der Waals surface area contributed by atoms with Crippen LogP contribution in [-0.2, 0) is 0 Å². The van der Waals surface area contributed by atoms with Gasteiger partial charge in [-0.05, 0) is 32.4 Å². The molecule has 2 nitrogen and oxygen atoms in total. The van der Waals surface area contributed by atoms with Crippen LogP contribution in [0.4, 0.5) is 10.1 Å². The second-order valence-electron chi connectivity index (χ2n) is 5.50. The van der Waals surface area contributed by atoms with Crippen molar-refractivity contribution in [2.75, 3.05) is 18.0 Å². The fraction of sp³-hybridized carbons (Fsp3) is 0.571. The van der Waals surface area contributed by atoms with Crippen LogP contribution in [0.2, 0.25) is 10.0 Å². The smallest absolute Gasteiger partial charge is 0.160 e. The predicted octanol–water partition coefficient (Wildman–Crippen LogP) is 4.10. The zero-order valence-electron chi connectivity index (χ0n) is 11.4. The van der Waals surface area contributed by atoms with Crippen molar-refractivity contribution >= 4 is 28.9 Å². The zero-order chi connectivity index (χ0) is 14.2. The molecule has 0 spiro atoms. The molecule has 1 heterocycles. The van der Waals surface area contributed by atoms with Crippen molar-refractivity contribution in [2.45, 2.75) is 38.8 Å². The number of hydrogen-bond donors (Lipinski definition) is 1. The van der Waals surface area contributed by atoms with E-state index in [2.05, 4.69) is 31.0 Å². The van der Waals surface area contributed by atoms with Gasteiger partial charge in [-0.25, -0.2) is 4.39 Å². The average molecular weight is 305 g/mol. The van der Waals surface area contributed by atoms with Gasteiger partial charge in [0, 0.05) is 30.4 Å². The quantitative estimate of drug-likeness (QED) is 0.828. The lowest BCUT2D eigenvalue weighted by Crippen LogP contribution is -2.62. The molecule has 19 heavy (non-hydrogen) atoms. The lowest BCUT2D eigenvalue weighted by molar-refractivity contribution is 0.285. The summed E-state index contributed by atoms with van der Waals surface area (Å²) in [4.78, 5) is 2.23. The molecule has 0 aromatic heterocycles. The van der Waals surface area contributed by atoms with Gasteiger partial charge in [-0.3, -0.25) is 0 Å². The average Bonchev–Trinajstić information content (AvgIpc) is 2.38. The van der Waals surface area contributed by atoms with Crippen LogP contribution in [0.25, 0.3) is 0 Å². The maximum absolute atomic E-state index is 13.5. The molecule has 1 aliphatic heterocycles. The molecule has 0 saturated carbocycles. The number of nitrogens with one attached hydrogen (secondary N) is 1. The van der Waals surface area contributed by atoms with Crippen molar-refractivity contribution in [3.05, 3.63) is 28.0 Å². The summed E-state index contributed by atoms with van der Waals surface area (Å²) >= 11 is 11.8. The molecule has 5 heteroatoms. The molecular weight excluding hydrogens is 286 g/mol. The van der Waals surface area contributed by atoms with Crippen molar-refractivity contribution in [3.63, 3.8) is 0 Å². The number of anilines is 1. The molecule has 2 unspecified atom stereocenters. The van der Waals surface area contributed by atoms with Crippen molar-refractivity contribution < 1.29 is 4.39 Å². The highest BCUT2D eigenvalue weighted by Crippen LogP contribution is 2.32. The highest BCUT2D eigenvalue weighted by Gasteiger charge is 2.33. The Morgan fingerprint density at radius 1 is 1.42 bits per heavy atom. The van der Waals surface area contributed by atoms with Crippen molar-refractivity contribution in [1.29, 1.82) is 0 Å². The summed E-state index contributed by atoms with van der Waals surface area (Å²) in [5.41, 5.74) is 0.935. The lowest BCUT2D eigenvalue weighted by Gasteiger charge is -2.46. The molecule has 1 aliphatic rings. The SMILES string of the molecule is CCC1(C)CN(c2cc(Cl)c(F)c(Cl)c2)C(C)CN1. The minimum atomic E-state index is -0.548. The summed E-state index contributed by atoms with van der Waals surface area (Å²) in [7, 11) is 0. The molecule has 1 N–H and O–H groups in total. The number of rotatable bonds is 2. The highest BCUT2D eigenvalue weighted by atomic mass is 35.5. The molecule has 2 rings (SSSR count). The van der Waals surface area contributed by atoms with Gasteiger partial charge in [-0.1, -0.05) is 30.1 Å². The Balaban J connectivity index is 2.34. The van der Waals surface area contributed by atoms with Crippen LogP contribution in [0, 0.1) is 5.82 Å². The van der Waals surface area contributed by atoms with E-state index in [1.54, 1.807) is 12.1 Å². The third-order valence-corrected chi connectivity index (χ3v) is 4.51. The summed E-state index contributed by atoms with van der Waals surface area (Å²) in [6.45, 7) is 8.22. The van der Waals surface area contributed by atoms with Gasteiger partial charge in [0.25, 0.3) is 0 Å². The van der Waals surface area contributed by atoms with E-state index >= 15 is 0 Å². The summed E-state index contributed by atoms with van der Waals surface area (Å²) in [5.74, 6) is -0.548. The Morgan fingerprint density at radius 2 is 2.00 bits per heavy atom. The molecular formula is C14H19Cl2FN2. The topological polar surface area (TPSA) is 15.3 Å². The molecule has 0 bridgehead atoms. The van der Waals surface area contributed by atoms with Gasteiger partial charge in [0.1, 0.15) is 0 Å². The maximum Gasteiger partial charge on any atom is 0.160 e. The number of benzene rings is 1. The van der Waals surface area contributed by atoms with E-state index in [-0.39, 0.29) is 15.6 Å². The van der Waals surface area contributed by atoms with Crippen LogP contribution in [0.5, 0.6) is 0 Å². The van der Waals surface area contributed by atoms with Crippen LogP contribution in [0.15, 0.2) is 12.1 Å². The van der Waals surface area contributed by atoms with Crippen molar-refractivity contribution in [2.24, 2.45) is 0 Å². The number of halogens is 3. The first-order chi connectivity index (χ1) is 8.86. The highest BCUT2D eigenvalue weighted by molar-refractivity contribution is 6.35. The van der Waals surface area contributed by atoms with E-state index in [9.17, 15) is 4.39 Å². The monoisotopic (exact) mass is 304 g/mol. The summed E-state index contributed by atoms with van der Waals surface area (Å²) in [6, 6.07) is 3.62. The second-order valence-corrected chi connectivity index (χ2v) is 6.31. The van der Waals surface area contributed by atoms with E-state index in [1.807, 2.05) is 0 Å². The van der Waals surface area contributed by atoms with E-state index in [0.29, 0.717) is 6.04 Å². The van der Waals surface area contributed by atoms with Gasteiger partial charge in [0.2, 0.25) is 0 Å². The van der Waals surface area contributed by atoms with E-state index in [4.69, 9.17) is 23.2 Å². The first kappa shape index (κ1) is 14.9. The molecule has 0 radical (unpaired) electrons. The molecule has 1 fully saturated rings. The van der Waals surface area contributed by atoms with Gasteiger partial charge in [0.15, 0.2) is 5.82 Å². The Labute approximate surface area is 123 Å². The fourth-order valence-electron chi connectivity index (χ4n) is 2.38. The standard InChI is InChI=1S/C14H19Cl2FN2/c1-4-14(3)8-19(9(2)7-18-14)10-5-11(15)13(17)12(16)6-10/h5-6,9,18H,4,7-8H2,1-3H3. The molecule has 1 aromatic rings. The fourth-order valence-corrected chi connectivity index (χ4v) is 2.86. The minimum Gasteiger partial charge on any atom is -0.366 e. The van der Waals surface area contributed by atoms with E-state index in [1.165, 1.54) is 0 Å². The van der Waals surface area contributed by atoms with Crippen LogP contribution >= 0.6 is 23.2 Å². The molecule has 1 aromatic carbocycles. The van der Waals surface area contributed by atoms with E-state index in [0.717, 1.165) is 25.2 Å². The van der Waals surface area contributed by atoms with Crippen LogP contribution in [0.3, 0.4) is 0 Å². The molecule has 0 aliphatic carbocycles. The molecule has 106 valence electrons. The summed E-state index contributed by atoms with van der Waals surface area (Å²) in [5, 5.41) is 3.70. The third kappa shape index (κ3) is 2.99. The Morgan fingerprint density at radius 3 is 2.53 bits per heavy atom. The number of nitrogens with zero attached hydrogens (tertiary/aromatic N) is 1. The third-order valence-electron chi connectivity index (χ3n) is 3.96. The summed E-state index contributed by atoms with van der Waals surface area (Å²) in [6.07, 6.45) is 1.03. The molecule has 1 saturated heterocycles. The number of piperazine rings is 1. The molecule has 2 atom stereocenters. The largest absolute Gasteiger partial charge is 0.366 e. The lowest BCUT2D eigenvalue weighted by atomic mass is 9.93. The minimum absolute atomic E-state index is 0.0554. The summed E-state index contributed by atoms with van der Waals surface area (Å²) < 4.78 is 13.5. The second kappa shape index (κ2) is 5.47. The molecule has 0 amide bonds. The van der Waals surface area contributed by atoms with Crippen LogP contribution in [0.1, 0.15) is 27.2 Å². The zero-order valence-corrected chi connectivity index (χ0v) is 12.9. The predicted molar refractivity (Wildman–Crippen MR) is 79.9 cm³/mol.